The Balaban J connectivity index is 1.80. The average molecular weight is 410 g/mol. The lowest BCUT2D eigenvalue weighted by Gasteiger charge is -2.11. The van der Waals surface area contributed by atoms with Crippen molar-refractivity contribution in [2.24, 2.45) is 0 Å². The Morgan fingerprint density at radius 1 is 1.04 bits per heavy atom. The minimum atomic E-state index is -0.788. The molecular weight excluding hydrogens is 393 g/mol. The van der Waals surface area contributed by atoms with Gasteiger partial charge < -0.3 is 21.1 Å². The van der Waals surface area contributed by atoms with Crippen molar-refractivity contribution >= 4 is 52.4 Å². The van der Waals surface area contributed by atoms with Crippen LogP contribution >= 0.6 is 23.2 Å². The highest BCUT2D eigenvalue weighted by Crippen LogP contribution is 2.23. The van der Waals surface area contributed by atoms with Gasteiger partial charge in [0.1, 0.15) is 0 Å². The summed E-state index contributed by atoms with van der Waals surface area (Å²) in [5.74, 6) is -1.87. The maximum absolute atomic E-state index is 11.9. The van der Waals surface area contributed by atoms with E-state index in [0.717, 1.165) is 0 Å². The maximum atomic E-state index is 11.9. The first-order chi connectivity index (χ1) is 12.8. The van der Waals surface area contributed by atoms with Crippen LogP contribution in [-0.4, -0.2) is 30.9 Å². The van der Waals surface area contributed by atoms with Crippen molar-refractivity contribution in [1.82, 2.24) is 5.32 Å². The van der Waals surface area contributed by atoms with E-state index in [4.69, 9.17) is 33.7 Å². The van der Waals surface area contributed by atoms with E-state index in [9.17, 15) is 14.4 Å². The number of halogens is 2. The van der Waals surface area contributed by atoms with Crippen molar-refractivity contribution in [2.75, 3.05) is 24.2 Å². The summed E-state index contributed by atoms with van der Waals surface area (Å²) in [6.45, 7) is 0.910. The Morgan fingerprint density at radius 3 is 2.44 bits per heavy atom. The predicted molar refractivity (Wildman–Crippen MR) is 104 cm³/mol. The number of hydrogen-bond acceptors (Lipinski definition) is 5. The molecule has 2 aromatic carbocycles. The Morgan fingerprint density at radius 2 is 1.70 bits per heavy atom. The molecule has 0 unspecified atom stereocenters. The van der Waals surface area contributed by atoms with E-state index >= 15 is 0 Å². The van der Waals surface area contributed by atoms with Gasteiger partial charge in [-0.05, 0) is 36.8 Å². The molecule has 0 aliphatic rings. The van der Waals surface area contributed by atoms with Crippen LogP contribution in [0.1, 0.15) is 15.9 Å². The van der Waals surface area contributed by atoms with Crippen LogP contribution in [0.25, 0.3) is 0 Å². The summed E-state index contributed by atoms with van der Waals surface area (Å²) in [5.41, 5.74) is 7.08. The number of rotatable bonds is 6. The summed E-state index contributed by atoms with van der Waals surface area (Å²) >= 11 is 11.8. The Labute approximate surface area is 165 Å². The number of nitrogen functional groups attached to an aromatic ring is 1. The SMILES string of the molecule is Cc1c(Cl)cccc1NC(=O)CNC(=O)COC(=O)c1cccc(Cl)c1N. The molecule has 9 heteroatoms. The normalized spacial score (nSPS) is 10.2. The molecule has 0 fully saturated rings. The molecule has 2 rings (SSSR count). The van der Waals surface area contributed by atoms with E-state index < -0.39 is 24.4 Å². The quantitative estimate of drug-likeness (QED) is 0.501. The van der Waals surface area contributed by atoms with Gasteiger partial charge in [0.05, 0.1) is 22.8 Å². The Bertz CT molecular complexity index is 887. The number of benzene rings is 2. The number of esters is 1. The van der Waals surface area contributed by atoms with Gasteiger partial charge in [-0.3, -0.25) is 9.59 Å². The second-order valence-electron chi connectivity index (χ2n) is 5.51. The van der Waals surface area contributed by atoms with Crippen molar-refractivity contribution in [2.45, 2.75) is 6.92 Å². The summed E-state index contributed by atoms with van der Waals surface area (Å²) in [6, 6.07) is 9.60. The van der Waals surface area contributed by atoms with Crippen molar-refractivity contribution in [3.8, 4) is 0 Å². The first kappa shape index (κ1) is 20.5. The Kier molecular flexibility index (Phi) is 7.04. The number of hydrogen-bond donors (Lipinski definition) is 3. The summed E-state index contributed by atoms with van der Waals surface area (Å²) < 4.78 is 4.87. The van der Waals surface area contributed by atoms with Gasteiger partial charge in [0.25, 0.3) is 5.91 Å². The van der Waals surface area contributed by atoms with Crippen LogP contribution in [0.3, 0.4) is 0 Å². The standard InChI is InChI=1S/C18H17Cl2N3O4/c1-10-12(19)5-3-7-14(10)23-15(24)8-22-16(25)9-27-18(26)11-4-2-6-13(20)17(11)21/h2-7H,8-9,21H2,1H3,(H,22,25)(H,23,24). The lowest BCUT2D eigenvalue weighted by Crippen LogP contribution is -2.35. The number of ether oxygens (including phenoxy) is 1. The van der Waals surface area contributed by atoms with E-state index in [1.54, 1.807) is 25.1 Å². The molecule has 4 N–H and O–H groups in total. The van der Waals surface area contributed by atoms with Gasteiger partial charge >= 0.3 is 5.97 Å². The summed E-state index contributed by atoms with van der Waals surface area (Å²) in [4.78, 5) is 35.6. The van der Waals surface area contributed by atoms with Crippen LogP contribution in [0.2, 0.25) is 10.0 Å². The molecule has 0 radical (unpaired) electrons. The smallest absolute Gasteiger partial charge is 0.340 e. The number of para-hydroxylation sites is 1. The van der Waals surface area contributed by atoms with Crippen molar-refractivity contribution in [3.63, 3.8) is 0 Å². The average Bonchev–Trinajstić information content (AvgIpc) is 2.64. The second kappa shape index (κ2) is 9.25. The molecular formula is C18H17Cl2N3O4. The highest BCUT2D eigenvalue weighted by Gasteiger charge is 2.15. The van der Waals surface area contributed by atoms with Gasteiger partial charge in [-0.25, -0.2) is 4.79 Å². The zero-order valence-electron chi connectivity index (χ0n) is 14.3. The topological polar surface area (TPSA) is 111 Å². The van der Waals surface area contributed by atoms with Crippen LogP contribution in [0.4, 0.5) is 11.4 Å². The number of carbonyl (C=O) groups excluding carboxylic acids is 3. The third-order valence-electron chi connectivity index (χ3n) is 3.60. The molecule has 142 valence electrons. The van der Waals surface area contributed by atoms with Gasteiger partial charge in [0, 0.05) is 10.7 Å². The molecule has 2 amide bonds. The molecule has 2 aromatic rings. The van der Waals surface area contributed by atoms with Crippen LogP contribution in [0.5, 0.6) is 0 Å². The largest absolute Gasteiger partial charge is 0.452 e. The van der Waals surface area contributed by atoms with Gasteiger partial charge in [0.15, 0.2) is 6.61 Å². The fraction of sp³-hybridized carbons (Fsp3) is 0.167. The van der Waals surface area contributed by atoms with Crippen LogP contribution in [0.15, 0.2) is 36.4 Å². The lowest BCUT2D eigenvalue weighted by atomic mass is 10.2. The van der Waals surface area contributed by atoms with Gasteiger partial charge in [-0.15, -0.1) is 0 Å². The monoisotopic (exact) mass is 409 g/mol. The fourth-order valence-corrected chi connectivity index (χ4v) is 2.44. The molecule has 0 atom stereocenters. The molecule has 0 heterocycles. The van der Waals surface area contributed by atoms with Crippen molar-refractivity contribution in [3.05, 3.63) is 57.6 Å². The molecule has 0 saturated carbocycles. The minimum Gasteiger partial charge on any atom is -0.452 e. The van der Waals surface area contributed by atoms with Crippen molar-refractivity contribution in [1.29, 1.82) is 0 Å². The predicted octanol–water partition coefficient (Wildman–Crippen LogP) is 2.80. The summed E-state index contributed by atoms with van der Waals surface area (Å²) in [5, 5.41) is 5.71. The van der Waals surface area contributed by atoms with E-state index in [-0.39, 0.29) is 22.8 Å². The lowest BCUT2D eigenvalue weighted by molar-refractivity contribution is -0.126. The number of nitrogens with two attached hydrogens (primary N) is 1. The molecule has 0 spiro atoms. The molecule has 0 aliphatic heterocycles. The van der Waals surface area contributed by atoms with Gasteiger partial charge in [-0.2, -0.15) is 0 Å². The number of carbonyl (C=O) groups is 3. The molecule has 0 aliphatic carbocycles. The molecule has 0 bridgehead atoms. The zero-order valence-corrected chi connectivity index (χ0v) is 15.9. The van der Waals surface area contributed by atoms with Gasteiger partial charge in [-0.1, -0.05) is 35.3 Å². The third-order valence-corrected chi connectivity index (χ3v) is 4.33. The van der Waals surface area contributed by atoms with Crippen LogP contribution in [-0.2, 0) is 14.3 Å². The van der Waals surface area contributed by atoms with Gasteiger partial charge in [0.2, 0.25) is 5.91 Å². The van der Waals surface area contributed by atoms with Crippen LogP contribution < -0.4 is 16.4 Å². The van der Waals surface area contributed by atoms with E-state index in [1.165, 1.54) is 18.2 Å². The fourth-order valence-electron chi connectivity index (χ4n) is 2.09. The third kappa shape index (κ3) is 5.60. The van der Waals surface area contributed by atoms with Crippen molar-refractivity contribution < 1.29 is 19.1 Å². The van der Waals surface area contributed by atoms with E-state index in [0.29, 0.717) is 16.3 Å². The molecule has 0 aromatic heterocycles. The van der Waals surface area contributed by atoms with Crippen LogP contribution in [0, 0.1) is 6.92 Å². The summed E-state index contributed by atoms with van der Waals surface area (Å²) in [6.07, 6.45) is 0. The molecule has 0 saturated heterocycles. The first-order valence-corrected chi connectivity index (χ1v) is 8.58. The maximum Gasteiger partial charge on any atom is 0.340 e. The first-order valence-electron chi connectivity index (χ1n) is 7.82. The molecule has 7 nitrogen and oxygen atoms in total. The van der Waals surface area contributed by atoms with E-state index in [2.05, 4.69) is 10.6 Å². The summed E-state index contributed by atoms with van der Waals surface area (Å²) in [7, 11) is 0. The number of amides is 2. The second-order valence-corrected chi connectivity index (χ2v) is 6.33. The molecule has 27 heavy (non-hydrogen) atoms. The number of anilines is 2. The zero-order chi connectivity index (χ0) is 20.0. The highest BCUT2D eigenvalue weighted by molar-refractivity contribution is 6.33. The highest BCUT2D eigenvalue weighted by atomic mass is 35.5. The number of nitrogens with one attached hydrogen (secondary N) is 2. The van der Waals surface area contributed by atoms with E-state index in [1.807, 2.05) is 0 Å². The minimum absolute atomic E-state index is 0.0597. The Hall–Kier alpha value is -2.77.